The zero-order chi connectivity index (χ0) is 18.9. The summed E-state index contributed by atoms with van der Waals surface area (Å²) in [6.45, 7) is 3.40. The lowest BCUT2D eigenvalue weighted by atomic mass is 9.85. The predicted octanol–water partition coefficient (Wildman–Crippen LogP) is 4.77. The molecule has 0 radical (unpaired) electrons. The van der Waals surface area contributed by atoms with Crippen LogP contribution in [0.1, 0.15) is 84.0 Å². The zero-order valence-corrected chi connectivity index (χ0v) is 17.5. The maximum Gasteiger partial charge on any atom is 0.0577 e. The van der Waals surface area contributed by atoms with Crippen LogP contribution in [-0.2, 0) is 0 Å². The quantitative estimate of drug-likeness (QED) is 0.365. The Balaban J connectivity index is 1.68. The lowest BCUT2D eigenvalue weighted by Crippen LogP contribution is -2.21. The molecule has 0 aromatic carbocycles. The molecule has 3 nitrogen and oxygen atoms in total. The maximum atomic E-state index is 10.5. The van der Waals surface area contributed by atoms with E-state index < -0.39 is 0 Å². The fourth-order valence-corrected chi connectivity index (χ4v) is 5.11. The number of allylic oxidation sites excluding steroid dienone is 2. The molecule has 1 fully saturated rings. The number of aliphatic hydroxyl groups excluding tert-OH is 2. The van der Waals surface area contributed by atoms with Crippen LogP contribution in [0.4, 0.5) is 0 Å². The normalized spacial score (nSPS) is 29.2. The molecule has 152 valence electrons. The van der Waals surface area contributed by atoms with Gasteiger partial charge < -0.3 is 15.1 Å². The van der Waals surface area contributed by atoms with Gasteiger partial charge in [0.25, 0.3) is 0 Å². The second-order valence-electron chi connectivity index (χ2n) is 9.16. The van der Waals surface area contributed by atoms with E-state index in [4.69, 9.17) is 0 Å². The van der Waals surface area contributed by atoms with Gasteiger partial charge in [-0.15, -0.1) is 0 Å². The van der Waals surface area contributed by atoms with Gasteiger partial charge in [-0.1, -0.05) is 44.3 Å². The number of aliphatic hydroxyl groups is 2. The molecule has 2 aliphatic rings. The Kier molecular flexibility index (Phi) is 9.66. The third-order valence-corrected chi connectivity index (χ3v) is 6.63. The van der Waals surface area contributed by atoms with Crippen LogP contribution in [0.3, 0.4) is 0 Å². The Hall–Kier alpha value is -0.380. The van der Waals surface area contributed by atoms with Crippen LogP contribution >= 0.6 is 0 Å². The largest absolute Gasteiger partial charge is 0.393 e. The first-order chi connectivity index (χ1) is 12.5. The lowest BCUT2D eigenvalue weighted by molar-refractivity contribution is 0.0876. The fraction of sp³-hybridized carbons (Fsp3) is 0.913. The maximum absolute atomic E-state index is 10.5. The molecule has 3 heteroatoms. The Bertz CT molecular complexity index is 420. The average molecular weight is 366 g/mol. The van der Waals surface area contributed by atoms with E-state index >= 15 is 0 Å². The third-order valence-electron chi connectivity index (χ3n) is 6.63. The van der Waals surface area contributed by atoms with Crippen LogP contribution in [-0.4, -0.2) is 48.0 Å². The van der Waals surface area contributed by atoms with E-state index in [9.17, 15) is 10.2 Å². The van der Waals surface area contributed by atoms with Crippen LogP contribution in [0.5, 0.6) is 0 Å². The summed E-state index contributed by atoms with van der Waals surface area (Å²) >= 11 is 0. The Labute approximate surface area is 161 Å². The van der Waals surface area contributed by atoms with Crippen LogP contribution in [0.2, 0.25) is 0 Å². The first kappa shape index (κ1) is 21.9. The van der Waals surface area contributed by atoms with Crippen molar-refractivity contribution in [3.05, 3.63) is 11.6 Å². The molecule has 0 aromatic rings. The van der Waals surface area contributed by atoms with Crippen molar-refractivity contribution in [3.8, 4) is 0 Å². The topological polar surface area (TPSA) is 43.7 Å². The molecule has 0 aromatic heterocycles. The first-order valence-electron chi connectivity index (χ1n) is 11.2. The standard InChI is InChI=1S/C23H43NO2/c1-4-5-7-11-20(25)12-13-21-22-16-18(15-19(22)17-23(21)26)10-8-6-9-14-24(2)3/h15,19-23,25-26H,4-14,16-17H2,1-3H3/t19-,20+,21+,22-,23+/m0/s1. The first-order valence-corrected chi connectivity index (χ1v) is 11.2. The molecular weight excluding hydrogens is 322 g/mol. The molecule has 2 aliphatic carbocycles. The van der Waals surface area contributed by atoms with Gasteiger partial charge in [-0.05, 0) is 89.8 Å². The number of hydrogen-bond donors (Lipinski definition) is 2. The van der Waals surface area contributed by atoms with Crippen molar-refractivity contribution in [1.29, 1.82) is 0 Å². The molecule has 5 atom stereocenters. The number of nitrogens with zero attached hydrogens (tertiary/aromatic N) is 1. The third kappa shape index (κ3) is 6.98. The smallest absolute Gasteiger partial charge is 0.0577 e. The van der Waals surface area contributed by atoms with Crippen molar-refractivity contribution in [2.24, 2.45) is 17.8 Å². The van der Waals surface area contributed by atoms with Crippen LogP contribution in [0, 0.1) is 17.8 Å². The van der Waals surface area contributed by atoms with Gasteiger partial charge in [0, 0.05) is 0 Å². The molecule has 0 aliphatic heterocycles. The summed E-state index contributed by atoms with van der Waals surface area (Å²) in [7, 11) is 4.29. The Morgan fingerprint density at radius 1 is 1.12 bits per heavy atom. The van der Waals surface area contributed by atoms with E-state index in [1.165, 1.54) is 51.5 Å². The van der Waals surface area contributed by atoms with Gasteiger partial charge in [-0.3, -0.25) is 0 Å². The highest BCUT2D eigenvalue weighted by Gasteiger charge is 2.44. The van der Waals surface area contributed by atoms with E-state index in [0.29, 0.717) is 17.8 Å². The van der Waals surface area contributed by atoms with Crippen molar-refractivity contribution in [1.82, 2.24) is 4.90 Å². The number of hydrogen-bond acceptors (Lipinski definition) is 3. The van der Waals surface area contributed by atoms with E-state index in [-0.39, 0.29) is 12.2 Å². The highest BCUT2D eigenvalue weighted by atomic mass is 16.3. The SMILES string of the molecule is CCCCC[C@@H](O)CC[C@@H]1[C@H]2CC(CCCCCN(C)C)=C[C@H]2C[C@H]1O. The average Bonchev–Trinajstić information content (AvgIpc) is 3.09. The van der Waals surface area contributed by atoms with Gasteiger partial charge in [0.05, 0.1) is 12.2 Å². The van der Waals surface area contributed by atoms with Crippen molar-refractivity contribution >= 4 is 0 Å². The van der Waals surface area contributed by atoms with Crippen LogP contribution in [0.15, 0.2) is 11.6 Å². The molecule has 0 amide bonds. The second kappa shape index (κ2) is 11.5. The Morgan fingerprint density at radius 2 is 1.92 bits per heavy atom. The summed E-state index contributed by atoms with van der Waals surface area (Å²) in [5, 5.41) is 20.7. The van der Waals surface area contributed by atoms with E-state index in [1.807, 2.05) is 0 Å². The molecule has 0 heterocycles. The van der Waals surface area contributed by atoms with E-state index in [2.05, 4.69) is 32.0 Å². The van der Waals surface area contributed by atoms with Crippen molar-refractivity contribution in [3.63, 3.8) is 0 Å². The molecule has 0 unspecified atom stereocenters. The summed E-state index contributed by atoms with van der Waals surface area (Å²) < 4.78 is 0. The minimum absolute atomic E-state index is 0.147. The van der Waals surface area contributed by atoms with E-state index in [0.717, 1.165) is 32.1 Å². The summed E-state index contributed by atoms with van der Waals surface area (Å²) in [5.41, 5.74) is 1.64. The van der Waals surface area contributed by atoms with Gasteiger partial charge in [-0.25, -0.2) is 0 Å². The van der Waals surface area contributed by atoms with E-state index in [1.54, 1.807) is 5.57 Å². The van der Waals surface area contributed by atoms with Gasteiger partial charge in [-0.2, -0.15) is 0 Å². The summed E-state index contributed by atoms with van der Waals surface area (Å²) in [6.07, 6.45) is 15.9. The number of fused-ring (bicyclic) bond motifs is 1. The zero-order valence-electron chi connectivity index (χ0n) is 17.5. The fourth-order valence-electron chi connectivity index (χ4n) is 5.11. The molecular formula is C23H43NO2. The minimum atomic E-state index is -0.168. The number of unbranched alkanes of at least 4 members (excludes halogenated alkanes) is 4. The highest BCUT2D eigenvalue weighted by molar-refractivity contribution is 5.18. The van der Waals surface area contributed by atoms with Crippen LogP contribution < -0.4 is 0 Å². The van der Waals surface area contributed by atoms with Crippen LogP contribution in [0.25, 0.3) is 0 Å². The Morgan fingerprint density at radius 3 is 2.65 bits per heavy atom. The molecule has 1 saturated carbocycles. The molecule has 2 rings (SSSR count). The predicted molar refractivity (Wildman–Crippen MR) is 110 cm³/mol. The van der Waals surface area contributed by atoms with Gasteiger partial charge >= 0.3 is 0 Å². The molecule has 0 bridgehead atoms. The lowest BCUT2D eigenvalue weighted by Gasteiger charge is -2.23. The number of rotatable bonds is 13. The highest BCUT2D eigenvalue weighted by Crippen LogP contribution is 2.49. The summed E-state index contributed by atoms with van der Waals surface area (Å²) in [5.74, 6) is 1.65. The van der Waals surface area contributed by atoms with Gasteiger partial charge in [0.15, 0.2) is 0 Å². The van der Waals surface area contributed by atoms with Gasteiger partial charge in [0.1, 0.15) is 0 Å². The monoisotopic (exact) mass is 365 g/mol. The van der Waals surface area contributed by atoms with Crippen molar-refractivity contribution < 1.29 is 10.2 Å². The minimum Gasteiger partial charge on any atom is -0.393 e. The molecule has 0 saturated heterocycles. The molecule has 2 N–H and O–H groups in total. The molecule has 0 spiro atoms. The molecule has 26 heavy (non-hydrogen) atoms. The van der Waals surface area contributed by atoms with Crippen molar-refractivity contribution in [2.45, 2.75) is 96.2 Å². The second-order valence-corrected chi connectivity index (χ2v) is 9.16. The van der Waals surface area contributed by atoms with Crippen molar-refractivity contribution in [2.75, 3.05) is 20.6 Å². The summed E-state index contributed by atoms with van der Waals surface area (Å²) in [4.78, 5) is 2.27. The summed E-state index contributed by atoms with van der Waals surface area (Å²) in [6, 6.07) is 0. The van der Waals surface area contributed by atoms with Gasteiger partial charge in [0.2, 0.25) is 0 Å².